The minimum atomic E-state index is -0.0170. The predicted molar refractivity (Wildman–Crippen MR) is 109 cm³/mol. The van der Waals surface area contributed by atoms with E-state index in [1.54, 1.807) is 14.2 Å². The fourth-order valence-corrected chi connectivity index (χ4v) is 4.44. The molecule has 1 aliphatic heterocycles. The van der Waals surface area contributed by atoms with Crippen molar-refractivity contribution in [3.63, 3.8) is 0 Å². The predicted octanol–water partition coefficient (Wildman–Crippen LogP) is 4.92. The Hall–Kier alpha value is -2.47. The number of para-hydroxylation sites is 1. The maximum atomic E-state index is 13.3. The summed E-state index contributed by atoms with van der Waals surface area (Å²) in [6, 6.07) is 13.7. The van der Waals surface area contributed by atoms with E-state index in [2.05, 4.69) is 20.9 Å². The van der Waals surface area contributed by atoms with E-state index in [0.29, 0.717) is 5.69 Å². The molecule has 1 unspecified atom stereocenters. The van der Waals surface area contributed by atoms with E-state index in [1.165, 1.54) is 0 Å². The molecule has 3 aromatic rings. The lowest BCUT2D eigenvalue weighted by atomic mass is 10.0. The van der Waals surface area contributed by atoms with Gasteiger partial charge in [0.15, 0.2) is 0 Å². The monoisotopic (exact) mass is 428 g/mol. The van der Waals surface area contributed by atoms with Crippen molar-refractivity contribution >= 4 is 32.7 Å². The quantitative estimate of drug-likeness (QED) is 0.640. The SMILES string of the molecule is COc1ccc(C2CCCN2C(=O)c2[nH]c3ccccc3c2Br)c(OC)c1. The lowest BCUT2D eigenvalue weighted by Gasteiger charge is -2.26. The maximum absolute atomic E-state index is 13.3. The molecule has 2 aromatic carbocycles. The van der Waals surface area contributed by atoms with Crippen molar-refractivity contribution in [1.82, 2.24) is 9.88 Å². The van der Waals surface area contributed by atoms with Gasteiger partial charge in [0.05, 0.1) is 24.7 Å². The van der Waals surface area contributed by atoms with Crippen LogP contribution in [0.4, 0.5) is 0 Å². The molecule has 1 atom stereocenters. The number of nitrogens with zero attached hydrogens (tertiary/aromatic N) is 1. The molecular formula is C21H21BrN2O3. The smallest absolute Gasteiger partial charge is 0.271 e. The highest BCUT2D eigenvalue weighted by Crippen LogP contribution is 2.40. The Morgan fingerprint density at radius 2 is 2.00 bits per heavy atom. The largest absolute Gasteiger partial charge is 0.497 e. The zero-order valence-corrected chi connectivity index (χ0v) is 16.9. The van der Waals surface area contributed by atoms with Crippen LogP contribution in [0.3, 0.4) is 0 Å². The molecule has 140 valence electrons. The van der Waals surface area contributed by atoms with E-state index < -0.39 is 0 Å². The summed E-state index contributed by atoms with van der Waals surface area (Å²) in [5, 5.41) is 1.01. The van der Waals surface area contributed by atoms with E-state index in [-0.39, 0.29) is 11.9 Å². The number of hydrogen-bond donors (Lipinski definition) is 1. The number of methoxy groups -OCH3 is 2. The highest BCUT2D eigenvalue weighted by Gasteiger charge is 2.34. The molecule has 1 aromatic heterocycles. The molecule has 5 nitrogen and oxygen atoms in total. The first-order valence-electron chi connectivity index (χ1n) is 8.93. The number of halogens is 1. The first-order chi connectivity index (χ1) is 13.1. The van der Waals surface area contributed by atoms with Gasteiger partial charge in [-0.3, -0.25) is 4.79 Å². The molecule has 27 heavy (non-hydrogen) atoms. The van der Waals surface area contributed by atoms with Crippen LogP contribution >= 0.6 is 15.9 Å². The fourth-order valence-electron chi connectivity index (χ4n) is 3.83. The molecular weight excluding hydrogens is 408 g/mol. The summed E-state index contributed by atoms with van der Waals surface area (Å²) >= 11 is 3.60. The van der Waals surface area contributed by atoms with Crippen LogP contribution in [0.1, 0.15) is 34.9 Å². The maximum Gasteiger partial charge on any atom is 0.271 e. The van der Waals surface area contributed by atoms with E-state index in [4.69, 9.17) is 9.47 Å². The standard InChI is InChI=1S/C21H21BrN2O3/c1-26-13-9-10-15(18(12-13)27-2)17-8-5-11-24(17)21(25)20-19(22)14-6-3-4-7-16(14)23-20/h3-4,6-7,9-10,12,17,23H,5,8,11H2,1-2H3. The van der Waals surface area contributed by atoms with Crippen molar-refractivity contribution in [2.75, 3.05) is 20.8 Å². The Labute approximate surface area is 166 Å². The van der Waals surface area contributed by atoms with Crippen LogP contribution in [-0.2, 0) is 0 Å². The van der Waals surface area contributed by atoms with Gasteiger partial charge in [0.25, 0.3) is 5.91 Å². The Morgan fingerprint density at radius 1 is 1.19 bits per heavy atom. The Balaban J connectivity index is 1.70. The van der Waals surface area contributed by atoms with Crippen LogP contribution in [0, 0.1) is 0 Å². The van der Waals surface area contributed by atoms with Gasteiger partial charge in [0.1, 0.15) is 17.2 Å². The average molecular weight is 429 g/mol. The number of H-pyrrole nitrogens is 1. The molecule has 4 rings (SSSR count). The molecule has 1 amide bonds. The summed E-state index contributed by atoms with van der Waals surface area (Å²) in [6.07, 6.45) is 1.87. The van der Waals surface area contributed by atoms with E-state index in [0.717, 1.165) is 51.8 Å². The second-order valence-corrected chi connectivity index (χ2v) is 7.42. The van der Waals surface area contributed by atoms with Gasteiger partial charge in [-0.15, -0.1) is 0 Å². The number of ether oxygens (including phenoxy) is 2. The fraction of sp³-hybridized carbons (Fsp3) is 0.286. The summed E-state index contributed by atoms with van der Waals surface area (Å²) in [7, 11) is 3.28. The van der Waals surface area contributed by atoms with Crippen LogP contribution in [0.2, 0.25) is 0 Å². The van der Waals surface area contributed by atoms with Gasteiger partial charge in [-0.2, -0.15) is 0 Å². The molecule has 2 heterocycles. The van der Waals surface area contributed by atoms with Crippen molar-refractivity contribution < 1.29 is 14.3 Å². The number of hydrogen-bond acceptors (Lipinski definition) is 3. The first-order valence-corrected chi connectivity index (χ1v) is 9.72. The molecule has 0 saturated carbocycles. The number of rotatable bonds is 4. The first kappa shape index (κ1) is 17.9. The van der Waals surface area contributed by atoms with Crippen molar-refractivity contribution in [2.45, 2.75) is 18.9 Å². The van der Waals surface area contributed by atoms with Gasteiger partial charge in [-0.1, -0.05) is 18.2 Å². The topological polar surface area (TPSA) is 54.6 Å². The average Bonchev–Trinajstić information content (AvgIpc) is 3.32. The summed E-state index contributed by atoms with van der Waals surface area (Å²) in [5.74, 6) is 1.48. The number of carbonyl (C=O) groups excluding carboxylic acids is 1. The number of carbonyl (C=O) groups is 1. The molecule has 1 N–H and O–H groups in total. The highest BCUT2D eigenvalue weighted by atomic mass is 79.9. The van der Waals surface area contributed by atoms with E-state index in [9.17, 15) is 4.79 Å². The summed E-state index contributed by atoms with van der Waals surface area (Å²) in [5.41, 5.74) is 2.55. The van der Waals surface area contributed by atoms with Gasteiger partial charge in [0, 0.05) is 29.1 Å². The van der Waals surface area contributed by atoms with Crippen molar-refractivity contribution in [3.05, 3.63) is 58.2 Å². The van der Waals surface area contributed by atoms with Crippen molar-refractivity contribution in [1.29, 1.82) is 0 Å². The van der Waals surface area contributed by atoms with E-state index in [1.807, 2.05) is 47.4 Å². The van der Waals surface area contributed by atoms with Crippen LogP contribution in [0.15, 0.2) is 46.9 Å². The van der Waals surface area contributed by atoms with Crippen LogP contribution in [0.5, 0.6) is 11.5 Å². The zero-order valence-electron chi connectivity index (χ0n) is 15.3. The molecule has 0 spiro atoms. The Bertz CT molecular complexity index is 998. The molecule has 0 radical (unpaired) electrons. The van der Waals surface area contributed by atoms with Crippen LogP contribution < -0.4 is 9.47 Å². The number of nitrogens with one attached hydrogen (secondary N) is 1. The van der Waals surface area contributed by atoms with E-state index >= 15 is 0 Å². The van der Waals surface area contributed by atoms with Crippen molar-refractivity contribution in [3.8, 4) is 11.5 Å². The van der Waals surface area contributed by atoms with Gasteiger partial charge in [-0.05, 0) is 47.0 Å². The number of benzene rings is 2. The van der Waals surface area contributed by atoms with Crippen LogP contribution in [0.25, 0.3) is 10.9 Å². The number of aromatic nitrogens is 1. The summed E-state index contributed by atoms with van der Waals surface area (Å²) in [6.45, 7) is 0.723. The zero-order chi connectivity index (χ0) is 19.0. The number of fused-ring (bicyclic) bond motifs is 1. The minimum absolute atomic E-state index is 0.00144. The second kappa shape index (κ2) is 7.27. The third-order valence-electron chi connectivity index (χ3n) is 5.17. The molecule has 0 bridgehead atoms. The lowest BCUT2D eigenvalue weighted by Crippen LogP contribution is -2.31. The molecule has 0 aliphatic carbocycles. The molecule has 1 saturated heterocycles. The van der Waals surface area contributed by atoms with Gasteiger partial charge in [0.2, 0.25) is 0 Å². The minimum Gasteiger partial charge on any atom is -0.497 e. The Kier molecular flexibility index (Phi) is 4.83. The van der Waals surface area contributed by atoms with Crippen molar-refractivity contribution in [2.24, 2.45) is 0 Å². The summed E-state index contributed by atoms with van der Waals surface area (Å²) < 4.78 is 11.7. The third-order valence-corrected chi connectivity index (χ3v) is 5.99. The summed E-state index contributed by atoms with van der Waals surface area (Å²) in [4.78, 5) is 18.5. The highest BCUT2D eigenvalue weighted by molar-refractivity contribution is 9.10. The molecule has 1 fully saturated rings. The van der Waals surface area contributed by atoms with Gasteiger partial charge < -0.3 is 19.4 Å². The molecule has 1 aliphatic rings. The Morgan fingerprint density at radius 3 is 2.74 bits per heavy atom. The number of amides is 1. The molecule has 6 heteroatoms. The number of aromatic amines is 1. The van der Waals surface area contributed by atoms with Crippen LogP contribution in [-0.4, -0.2) is 36.6 Å². The normalized spacial score (nSPS) is 16.7. The second-order valence-electron chi connectivity index (χ2n) is 6.62. The third kappa shape index (κ3) is 3.08. The van der Waals surface area contributed by atoms with Gasteiger partial charge >= 0.3 is 0 Å². The number of likely N-dealkylation sites (tertiary alicyclic amines) is 1. The lowest BCUT2D eigenvalue weighted by molar-refractivity contribution is 0.0728. The van der Waals surface area contributed by atoms with Gasteiger partial charge in [-0.25, -0.2) is 0 Å².